The molecule has 0 aliphatic carbocycles. The molecule has 4 heterocycles. The average molecular weight is 738 g/mol. The van der Waals surface area contributed by atoms with Crippen LogP contribution < -0.4 is 22.5 Å². The van der Waals surface area contributed by atoms with Crippen LogP contribution in [-0.2, 0) is 32.6 Å². The monoisotopic (exact) mass is 737 g/mol. The number of rotatable bonds is 12. The lowest BCUT2D eigenvalue weighted by Gasteiger charge is -2.17. The van der Waals surface area contributed by atoms with Crippen LogP contribution in [0, 0.1) is 13.8 Å². The molecule has 0 amide bonds. The molecule has 2 N–H and O–H groups in total. The highest BCUT2D eigenvalue weighted by molar-refractivity contribution is 7.33. The van der Waals surface area contributed by atoms with E-state index >= 15 is 0 Å². The van der Waals surface area contributed by atoms with E-state index in [1.807, 2.05) is 0 Å². The van der Waals surface area contributed by atoms with Gasteiger partial charge in [0, 0.05) is 40.9 Å². The van der Waals surface area contributed by atoms with Crippen LogP contribution in [0.4, 0.5) is 0 Å². The first-order valence-corrected chi connectivity index (χ1v) is 17.3. The molecule has 52 heavy (non-hydrogen) atoms. The number of benzene rings is 2. The van der Waals surface area contributed by atoms with E-state index in [1.165, 1.54) is 26.2 Å². The zero-order valence-electron chi connectivity index (χ0n) is 27.9. The summed E-state index contributed by atoms with van der Waals surface area (Å²) in [6, 6.07) is 16.4. The molecule has 0 spiro atoms. The lowest BCUT2D eigenvalue weighted by Crippen LogP contribution is -2.33. The number of aromatic amines is 2. The van der Waals surface area contributed by atoms with Crippen molar-refractivity contribution in [3.8, 4) is 0 Å². The summed E-state index contributed by atoms with van der Waals surface area (Å²) in [5.41, 5.74) is -1.58. The third-order valence-corrected chi connectivity index (χ3v) is 9.30. The maximum Gasteiger partial charge on any atom is 0.697 e. The number of aromatic nitrogens is 4. The molecule has 0 saturated carbocycles. The van der Waals surface area contributed by atoms with Gasteiger partial charge >= 0.3 is 31.6 Å². The summed E-state index contributed by atoms with van der Waals surface area (Å²) in [6.07, 6.45) is -3.41. The first kappa shape index (κ1) is 36.5. The Hall–Kier alpha value is -5.32. The highest BCUT2D eigenvalue weighted by Gasteiger charge is 2.46. The Labute approximate surface area is 295 Å². The summed E-state index contributed by atoms with van der Waals surface area (Å²) in [4.78, 5) is 79.2. The van der Waals surface area contributed by atoms with Gasteiger partial charge in [-0.3, -0.25) is 28.7 Å². The van der Waals surface area contributed by atoms with Crippen LogP contribution in [0.15, 0.2) is 92.2 Å². The molecule has 2 aliphatic rings. The van der Waals surface area contributed by atoms with E-state index in [2.05, 4.69) is 9.97 Å². The SMILES string of the molecule is Cc1cn([C@H]2C[C@H](OC(=O)c3ccccc3)[C@@H](CO[P+](=O)O[C@H]3C[C@H](n4cc(C)c(=O)[nH]c4=O)O[C@@H]3COC(=O)c3ccccc3)O2)c(=O)[nH]c1=O. The van der Waals surface area contributed by atoms with Crippen LogP contribution in [0.3, 0.4) is 0 Å². The molecule has 0 radical (unpaired) electrons. The molecule has 2 fully saturated rings. The Morgan fingerprint density at radius 2 is 1.21 bits per heavy atom. The van der Waals surface area contributed by atoms with E-state index in [0.29, 0.717) is 0 Å². The van der Waals surface area contributed by atoms with E-state index in [9.17, 15) is 33.3 Å². The molecule has 4 aromatic rings. The predicted molar refractivity (Wildman–Crippen MR) is 180 cm³/mol. The maximum absolute atomic E-state index is 13.3. The van der Waals surface area contributed by atoms with E-state index in [-0.39, 0.29) is 41.7 Å². The van der Waals surface area contributed by atoms with Gasteiger partial charge < -0.3 is 18.9 Å². The van der Waals surface area contributed by atoms with Gasteiger partial charge in [0.05, 0.1) is 11.1 Å². The van der Waals surface area contributed by atoms with Crippen molar-refractivity contribution in [2.45, 2.75) is 63.6 Å². The summed E-state index contributed by atoms with van der Waals surface area (Å²) in [5, 5.41) is 0. The maximum atomic E-state index is 13.3. The second-order valence-electron chi connectivity index (χ2n) is 12.1. The molecule has 0 bridgehead atoms. The van der Waals surface area contributed by atoms with Gasteiger partial charge in [0.25, 0.3) is 11.1 Å². The number of hydrogen-bond donors (Lipinski definition) is 2. The summed E-state index contributed by atoms with van der Waals surface area (Å²) in [6.45, 7) is 2.27. The zero-order chi connectivity index (χ0) is 36.9. The van der Waals surface area contributed by atoms with Crippen molar-refractivity contribution in [2.75, 3.05) is 13.2 Å². The Bertz CT molecular complexity index is 2180. The summed E-state index contributed by atoms with van der Waals surface area (Å²) >= 11 is 0. The van der Waals surface area contributed by atoms with Crippen LogP contribution in [0.2, 0.25) is 0 Å². The van der Waals surface area contributed by atoms with Crippen molar-refractivity contribution in [1.82, 2.24) is 19.1 Å². The molecule has 2 aliphatic heterocycles. The van der Waals surface area contributed by atoms with Crippen molar-refractivity contribution in [1.29, 1.82) is 0 Å². The van der Waals surface area contributed by atoms with Gasteiger partial charge in [-0.25, -0.2) is 19.2 Å². The van der Waals surface area contributed by atoms with Gasteiger partial charge in [-0.15, -0.1) is 9.05 Å². The smallest absolute Gasteiger partial charge is 0.459 e. The van der Waals surface area contributed by atoms with Gasteiger partial charge in [-0.2, -0.15) is 0 Å². The fraction of sp³-hybridized carbons (Fsp3) is 0.353. The van der Waals surface area contributed by atoms with Gasteiger partial charge in [0.2, 0.25) is 0 Å². The third-order valence-electron chi connectivity index (χ3n) is 8.49. The molecule has 7 atom stereocenters. The van der Waals surface area contributed by atoms with Gasteiger partial charge in [-0.1, -0.05) is 36.4 Å². The number of nitrogens with one attached hydrogen (secondary N) is 2. The van der Waals surface area contributed by atoms with Gasteiger partial charge in [0.15, 0.2) is 0 Å². The minimum absolute atomic E-state index is 0.00400. The lowest BCUT2D eigenvalue weighted by molar-refractivity contribution is -0.0566. The second-order valence-corrected chi connectivity index (χ2v) is 13.0. The number of carbonyl (C=O) groups excluding carboxylic acids is 2. The van der Waals surface area contributed by atoms with Crippen LogP contribution in [0.25, 0.3) is 0 Å². The molecule has 17 nitrogen and oxygen atoms in total. The molecule has 18 heteroatoms. The van der Waals surface area contributed by atoms with E-state index in [0.717, 1.165) is 9.13 Å². The Morgan fingerprint density at radius 1 is 0.731 bits per heavy atom. The fourth-order valence-corrected chi connectivity index (χ4v) is 6.52. The quantitative estimate of drug-likeness (QED) is 0.158. The van der Waals surface area contributed by atoms with Crippen LogP contribution in [0.1, 0.15) is 57.1 Å². The highest BCUT2D eigenvalue weighted by atomic mass is 31.1. The number of hydrogen-bond acceptors (Lipinski definition) is 13. The molecular formula is C34H34N4O13P+. The summed E-state index contributed by atoms with van der Waals surface area (Å²) in [7, 11) is -2.93. The van der Waals surface area contributed by atoms with E-state index in [1.54, 1.807) is 60.7 Å². The Kier molecular flexibility index (Phi) is 11.2. The zero-order valence-corrected chi connectivity index (χ0v) is 28.8. The standard InChI is InChI=1S/C34H33N4O13P/c1-19-15-37(33(43)35-29(19)39)27-13-23(50-32(42)22-11-7-4-8-12-22)26(49-27)18-47-52(45)51-24-14-28(38-16-20(2)30(40)36-34(38)44)48-25(24)17-46-31(41)21-9-5-3-6-10-21/h3-12,15-16,23-28H,13-14,17-18H2,1-2H3,(H-,35,36,39,40,43,44)/p+1/t23-,24-,25+,26+,27+,28+/m0/s1. The minimum Gasteiger partial charge on any atom is -0.459 e. The fourth-order valence-electron chi connectivity index (χ4n) is 5.75. The van der Waals surface area contributed by atoms with Crippen molar-refractivity contribution < 1.29 is 42.1 Å². The number of carbonyl (C=O) groups is 2. The molecule has 272 valence electrons. The Balaban J connectivity index is 1.16. The lowest BCUT2D eigenvalue weighted by atomic mass is 10.1. The molecule has 2 saturated heterocycles. The van der Waals surface area contributed by atoms with Crippen molar-refractivity contribution in [3.63, 3.8) is 0 Å². The first-order valence-electron chi connectivity index (χ1n) is 16.2. The molecule has 2 aromatic heterocycles. The summed E-state index contributed by atoms with van der Waals surface area (Å²) < 4.78 is 50.1. The average Bonchev–Trinajstić information content (AvgIpc) is 3.73. The predicted octanol–water partition coefficient (Wildman–Crippen LogP) is 2.42. The number of aryl methyl sites for hydroxylation is 2. The number of ether oxygens (including phenoxy) is 4. The topological polar surface area (TPSA) is 216 Å². The largest absolute Gasteiger partial charge is 0.697 e. The van der Waals surface area contributed by atoms with Gasteiger partial charge in [-0.05, 0) is 38.1 Å². The molecule has 1 unspecified atom stereocenters. The molecular weight excluding hydrogens is 703 g/mol. The minimum atomic E-state index is -2.93. The Morgan fingerprint density at radius 3 is 1.75 bits per heavy atom. The summed E-state index contributed by atoms with van der Waals surface area (Å²) in [5.74, 6) is -1.31. The van der Waals surface area contributed by atoms with Crippen molar-refractivity contribution >= 4 is 20.2 Å². The van der Waals surface area contributed by atoms with E-state index < -0.39 is 86.2 Å². The number of esters is 2. The first-order chi connectivity index (χ1) is 25.0. The normalized spacial score (nSPS) is 22.9. The number of H-pyrrole nitrogens is 2. The van der Waals surface area contributed by atoms with E-state index in [4.69, 9.17) is 28.0 Å². The molecule has 2 aromatic carbocycles. The molecule has 6 rings (SSSR count). The second kappa shape index (κ2) is 15.9. The van der Waals surface area contributed by atoms with Gasteiger partial charge in [0.1, 0.15) is 50.1 Å². The third kappa shape index (κ3) is 8.41. The van der Waals surface area contributed by atoms with Crippen LogP contribution >= 0.6 is 8.25 Å². The highest BCUT2D eigenvalue weighted by Crippen LogP contribution is 2.39. The van der Waals surface area contributed by atoms with Crippen LogP contribution in [-0.4, -0.2) is 68.7 Å². The van der Waals surface area contributed by atoms with Crippen molar-refractivity contribution in [2.24, 2.45) is 0 Å². The van der Waals surface area contributed by atoms with Crippen molar-refractivity contribution in [3.05, 3.63) is 137 Å². The van der Waals surface area contributed by atoms with Crippen LogP contribution in [0.5, 0.6) is 0 Å². The number of nitrogens with zero attached hydrogens (tertiary/aromatic N) is 2.